The Morgan fingerprint density at radius 2 is 1.68 bits per heavy atom. The minimum atomic E-state index is -1.07. The van der Waals surface area contributed by atoms with E-state index in [1.807, 2.05) is 20.8 Å². The number of carbonyl (C=O) groups excluding carboxylic acids is 1. The van der Waals surface area contributed by atoms with Crippen molar-refractivity contribution in [3.05, 3.63) is 0 Å². The third-order valence-corrected chi connectivity index (χ3v) is 3.30. The van der Waals surface area contributed by atoms with Crippen molar-refractivity contribution < 1.29 is 24.2 Å². The van der Waals surface area contributed by atoms with Gasteiger partial charge in [0, 0.05) is 13.7 Å². The second-order valence-electron chi connectivity index (χ2n) is 7.29. The van der Waals surface area contributed by atoms with Crippen LogP contribution in [0.4, 0.5) is 4.79 Å². The topological polar surface area (TPSA) is 84.9 Å². The molecule has 0 aliphatic rings. The maximum Gasteiger partial charge on any atom is 0.407 e. The molecule has 0 spiro atoms. The van der Waals surface area contributed by atoms with Crippen LogP contribution in [0.5, 0.6) is 0 Å². The molecule has 2 atom stereocenters. The van der Waals surface area contributed by atoms with Crippen LogP contribution >= 0.6 is 0 Å². The lowest BCUT2D eigenvalue weighted by Gasteiger charge is -2.33. The van der Waals surface area contributed by atoms with E-state index in [4.69, 9.17) is 9.47 Å². The predicted octanol–water partition coefficient (Wildman–Crippen LogP) is 3.05. The molecule has 6 heteroatoms. The molecule has 130 valence electrons. The standard InChI is InChI=1S/C16H31NO5/c1-11(2)8-16(13(18)19,9-12(3)21-7)10-17-14(20)22-15(4,5)6/h11-12H,8-10H2,1-7H3,(H,17,20)(H,18,19). The molecule has 0 bridgehead atoms. The zero-order chi connectivity index (χ0) is 17.6. The Hall–Kier alpha value is -1.30. The Labute approximate surface area is 133 Å². The average molecular weight is 317 g/mol. The summed E-state index contributed by atoms with van der Waals surface area (Å²) in [4.78, 5) is 23.7. The van der Waals surface area contributed by atoms with Crippen LogP contribution in [0, 0.1) is 11.3 Å². The Morgan fingerprint density at radius 3 is 2.05 bits per heavy atom. The van der Waals surface area contributed by atoms with Crippen molar-refractivity contribution in [1.82, 2.24) is 5.32 Å². The summed E-state index contributed by atoms with van der Waals surface area (Å²) in [6.45, 7) is 11.0. The largest absolute Gasteiger partial charge is 0.481 e. The van der Waals surface area contributed by atoms with Crippen molar-refractivity contribution in [1.29, 1.82) is 0 Å². The van der Waals surface area contributed by atoms with Gasteiger partial charge in [0.15, 0.2) is 0 Å². The first-order chi connectivity index (χ1) is 9.92. The first kappa shape index (κ1) is 20.7. The molecular weight excluding hydrogens is 286 g/mol. The van der Waals surface area contributed by atoms with Gasteiger partial charge in [-0.1, -0.05) is 13.8 Å². The smallest absolute Gasteiger partial charge is 0.407 e. The van der Waals surface area contributed by atoms with Gasteiger partial charge in [-0.25, -0.2) is 4.79 Å². The highest BCUT2D eigenvalue weighted by atomic mass is 16.6. The molecule has 0 fully saturated rings. The van der Waals surface area contributed by atoms with Gasteiger partial charge in [0.1, 0.15) is 5.60 Å². The first-order valence-corrected chi connectivity index (χ1v) is 7.65. The Bertz CT molecular complexity index is 375. The third kappa shape index (κ3) is 7.64. The molecule has 0 radical (unpaired) electrons. The number of rotatable bonds is 8. The summed E-state index contributed by atoms with van der Waals surface area (Å²) in [5, 5.41) is 12.3. The molecule has 0 rings (SSSR count). The molecule has 0 aliphatic carbocycles. The van der Waals surface area contributed by atoms with Crippen LogP contribution in [0.25, 0.3) is 0 Å². The number of hydrogen-bond acceptors (Lipinski definition) is 4. The average Bonchev–Trinajstić information content (AvgIpc) is 2.32. The Kier molecular flexibility index (Phi) is 7.87. The van der Waals surface area contributed by atoms with Crippen LogP contribution < -0.4 is 5.32 Å². The van der Waals surface area contributed by atoms with Gasteiger partial charge in [-0.3, -0.25) is 4.79 Å². The number of aliphatic carboxylic acids is 1. The van der Waals surface area contributed by atoms with E-state index in [1.165, 1.54) is 0 Å². The first-order valence-electron chi connectivity index (χ1n) is 7.65. The monoisotopic (exact) mass is 317 g/mol. The van der Waals surface area contributed by atoms with Gasteiger partial charge in [0.2, 0.25) is 0 Å². The van der Waals surface area contributed by atoms with Gasteiger partial charge < -0.3 is 19.9 Å². The number of alkyl carbamates (subject to hydrolysis) is 1. The van der Waals surface area contributed by atoms with Crippen LogP contribution in [-0.4, -0.2) is 42.5 Å². The molecule has 2 unspecified atom stereocenters. The summed E-state index contributed by atoms with van der Waals surface area (Å²) in [7, 11) is 1.55. The van der Waals surface area contributed by atoms with Crippen molar-refractivity contribution in [2.45, 2.75) is 66.1 Å². The summed E-state index contributed by atoms with van der Waals surface area (Å²) >= 11 is 0. The number of amides is 1. The van der Waals surface area contributed by atoms with Crippen molar-refractivity contribution in [3.63, 3.8) is 0 Å². The summed E-state index contributed by atoms with van der Waals surface area (Å²) in [6, 6.07) is 0. The van der Waals surface area contributed by atoms with Gasteiger partial charge in [0.25, 0.3) is 0 Å². The fraction of sp³-hybridized carbons (Fsp3) is 0.875. The maximum atomic E-state index is 11.9. The van der Waals surface area contributed by atoms with Gasteiger partial charge in [0.05, 0.1) is 11.5 Å². The van der Waals surface area contributed by atoms with Gasteiger partial charge in [-0.2, -0.15) is 0 Å². The molecule has 6 nitrogen and oxygen atoms in total. The molecule has 0 saturated carbocycles. The van der Waals surface area contributed by atoms with Gasteiger partial charge in [-0.05, 0) is 46.5 Å². The number of methoxy groups -OCH3 is 1. The van der Waals surface area contributed by atoms with Crippen molar-refractivity contribution in [2.75, 3.05) is 13.7 Å². The SMILES string of the molecule is COC(C)CC(CNC(=O)OC(C)(C)C)(CC(C)C)C(=O)O. The fourth-order valence-corrected chi connectivity index (χ4v) is 2.45. The van der Waals surface area contributed by atoms with Crippen molar-refractivity contribution >= 4 is 12.1 Å². The Morgan fingerprint density at radius 1 is 1.14 bits per heavy atom. The zero-order valence-electron chi connectivity index (χ0n) is 14.9. The summed E-state index contributed by atoms with van der Waals surface area (Å²) in [6.07, 6.45) is -0.0409. The predicted molar refractivity (Wildman–Crippen MR) is 84.8 cm³/mol. The van der Waals surface area contributed by atoms with E-state index in [2.05, 4.69) is 5.32 Å². The summed E-state index contributed by atoms with van der Waals surface area (Å²) in [5.41, 5.74) is -1.69. The molecular formula is C16H31NO5. The van der Waals surface area contributed by atoms with E-state index in [-0.39, 0.29) is 18.6 Å². The quantitative estimate of drug-likeness (QED) is 0.718. The normalized spacial score (nSPS) is 16.0. The molecule has 0 heterocycles. The highest BCUT2D eigenvalue weighted by molar-refractivity contribution is 5.76. The molecule has 0 aromatic rings. The van der Waals surface area contributed by atoms with E-state index in [0.29, 0.717) is 12.8 Å². The van der Waals surface area contributed by atoms with Crippen LogP contribution in [-0.2, 0) is 14.3 Å². The third-order valence-electron chi connectivity index (χ3n) is 3.30. The molecule has 22 heavy (non-hydrogen) atoms. The highest BCUT2D eigenvalue weighted by Gasteiger charge is 2.41. The van der Waals surface area contributed by atoms with E-state index in [1.54, 1.807) is 27.9 Å². The Balaban J connectivity index is 5.05. The molecule has 1 amide bonds. The summed E-state index contributed by atoms with van der Waals surface area (Å²) < 4.78 is 10.4. The lowest BCUT2D eigenvalue weighted by atomic mass is 9.75. The number of carbonyl (C=O) groups is 2. The minimum Gasteiger partial charge on any atom is -0.481 e. The van der Waals surface area contributed by atoms with Crippen LogP contribution in [0.15, 0.2) is 0 Å². The van der Waals surface area contributed by atoms with Crippen molar-refractivity contribution in [3.8, 4) is 0 Å². The number of hydrogen-bond donors (Lipinski definition) is 2. The van der Waals surface area contributed by atoms with E-state index in [0.717, 1.165) is 0 Å². The van der Waals surface area contributed by atoms with Gasteiger partial charge in [-0.15, -0.1) is 0 Å². The minimum absolute atomic E-state index is 0.0170. The van der Waals surface area contributed by atoms with Crippen molar-refractivity contribution in [2.24, 2.45) is 11.3 Å². The zero-order valence-corrected chi connectivity index (χ0v) is 14.9. The summed E-state index contributed by atoms with van der Waals surface area (Å²) in [5.74, 6) is -0.748. The van der Waals surface area contributed by atoms with Crippen LogP contribution in [0.3, 0.4) is 0 Å². The fourth-order valence-electron chi connectivity index (χ4n) is 2.45. The molecule has 0 aromatic heterocycles. The molecule has 0 saturated heterocycles. The molecule has 2 N–H and O–H groups in total. The number of nitrogens with one attached hydrogen (secondary N) is 1. The van der Waals surface area contributed by atoms with E-state index in [9.17, 15) is 14.7 Å². The second-order valence-corrected chi connectivity index (χ2v) is 7.29. The lowest BCUT2D eigenvalue weighted by molar-refractivity contribution is -0.152. The lowest BCUT2D eigenvalue weighted by Crippen LogP contribution is -2.47. The van der Waals surface area contributed by atoms with E-state index >= 15 is 0 Å². The molecule has 0 aromatic carbocycles. The number of ether oxygens (including phenoxy) is 2. The maximum absolute atomic E-state index is 11.9. The second kappa shape index (κ2) is 8.36. The molecule has 0 aliphatic heterocycles. The van der Waals surface area contributed by atoms with Gasteiger partial charge >= 0.3 is 12.1 Å². The van der Waals surface area contributed by atoms with Crippen LogP contribution in [0.1, 0.15) is 54.4 Å². The number of carboxylic acid groups (broad SMARTS) is 1. The highest BCUT2D eigenvalue weighted by Crippen LogP contribution is 2.32. The van der Waals surface area contributed by atoms with Crippen LogP contribution in [0.2, 0.25) is 0 Å². The number of carboxylic acids is 1. The van der Waals surface area contributed by atoms with E-state index < -0.39 is 23.1 Å².